The minimum atomic E-state index is -0.523. The zero-order chi connectivity index (χ0) is 13.3. The van der Waals surface area contributed by atoms with Crippen LogP contribution < -0.4 is 9.68 Å². The van der Waals surface area contributed by atoms with E-state index in [2.05, 4.69) is 0 Å². The van der Waals surface area contributed by atoms with E-state index in [1.807, 2.05) is 20.8 Å². The highest BCUT2D eigenvalue weighted by Crippen LogP contribution is 2.26. The molecule has 1 aromatic heterocycles. The second-order valence-electron chi connectivity index (χ2n) is 4.69. The molecule has 0 bridgehead atoms. The summed E-state index contributed by atoms with van der Waals surface area (Å²) in [5.74, 6) is 0.109. The van der Waals surface area contributed by atoms with E-state index >= 15 is 0 Å². The van der Waals surface area contributed by atoms with Gasteiger partial charge in [-0.3, -0.25) is 4.79 Å². The van der Waals surface area contributed by atoms with Gasteiger partial charge in [0.1, 0.15) is 5.75 Å². The zero-order valence-corrected chi connectivity index (χ0v) is 11.3. The average Bonchev–Trinajstić information content (AvgIpc) is 2.68. The predicted molar refractivity (Wildman–Crippen MR) is 70.1 cm³/mol. The maximum atomic E-state index is 11.9. The van der Waals surface area contributed by atoms with E-state index in [1.165, 1.54) is 0 Å². The summed E-state index contributed by atoms with van der Waals surface area (Å²) < 4.78 is 11.0. The highest BCUT2D eigenvalue weighted by Gasteiger charge is 2.27. The summed E-state index contributed by atoms with van der Waals surface area (Å²) in [6.45, 7) is 5.60. The molecule has 0 fully saturated rings. The molecule has 1 aromatic carbocycles. The molecule has 0 aliphatic rings. The van der Waals surface area contributed by atoms with Crippen LogP contribution in [0, 0.1) is 5.41 Å². The monoisotopic (exact) mass is 266 g/mol. The van der Waals surface area contributed by atoms with Gasteiger partial charge in [0.2, 0.25) is 0 Å². The highest BCUT2D eigenvalue weighted by atomic mass is 32.1. The van der Waals surface area contributed by atoms with E-state index in [-0.39, 0.29) is 10.9 Å². The summed E-state index contributed by atoms with van der Waals surface area (Å²) in [6, 6.07) is 4.95. The number of benzene rings is 1. The summed E-state index contributed by atoms with van der Waals surface area (Å²) in [6.07, 6.45) is 0.696. The molecule has 96 valence electrons. The van der Waals surface area contributed by atoms with Crippen LogP contribution in [-0.2, 0) is 4.79 Å². The summed E-state index contributed by atoms with van der Waals surface area (Å²) in [4.78, 5) is 22.6. The van der Waals surface area contributed by atoms with Crippen LogP contribution in [0.15, 0.2) is 27.4 Å². The van der Waals surface area contributed by atoms with Gasteiger partial charge in [-0.05, 0) is 32.4 Å². The minimum absolute atomic E-state index is 0.290. The van der Waals surface area contributed by atoms with Crippen molar-refractivity contribution in [2.45, 2.75) is 27.2 Å². The van der Waals surface area contributed by atoms with E-state index in [4.69, 9.17) is 9.15 Å². The van der Waals surface area contributed by atoms with Crippen LogP contribution in [0.2, 0.25) is 0 Å². The van der Waals surface area contributed by atoms with Crippen molar-refractivity contribution in [2.75, 3.05) is 0 Å². The average molecular weight is 266 g/mol. The molecule has 0 N–H and O–H groups in total. The largest absolute Gasteiger partial charge is 0.426 e. The van der Waals surface area contributed by atoms with Gasteiger partial charge in [-0.1, -0.05) is 18.3 Å². The SMILES string of the molecule is CCC(C)(C)C(=O)Oc1ccc2sc(=O)oc2c1. The van der Waals surface area contributed by atoms with Crippen LogP contribution in [0.3, 0.4) is 0 Å². The van der Waals surface area contributed by atoms with Crippen molar-refractivity contribution in [2.24, 2.45) is 5.41 Å². The van der Waals surface area contributed by atoms with Crippen molar-refractivity contribution in [3.8, 4) is 5.75 Å². The first-order valence-electron chi connectivity index (χ1n) is 5.68. The molecule has 0 amide bonds. The molecule has 0 aliphatic carbocycles. The number of carbonyl (C=O) groups excluding carboxylic acids is 1. The molecular weight excluding hydrogens is 252 g/mol. The number of hydrogen-bond acceptors (Lipinski definition) is 5. The van der Waals surface area contributed by atoms with Gasteiger partial charge in [0, 0.05) is 6.07 Å². The van der Waals surface area contributed by atoms with Crippen LogP contribution in [0.25, 0.3) is 10.3 Å². The topological polar surface area (TPSA) is 56.5 Å². The Morgan fingerprint density at radius 2 is 2.17 bits per heavy atom. The normalized spacial score (nSPS) is 11.7. The van der Waals surface area contributed by atoms with Gasteiger partial charge in [0.15, 0.2) is 5.58 Å². The van der Waals surface area contributed by atoms with E-state index < -0.39 is 5.41 Å². The molecule has 0 saturated heterocycles. The lowest BCUT2D eigenvalue weighted by Gasteiger charge is -2.19. The standard InChI is InChI=1S/C13H14O4S/c1-4-13(2,3)11(14)16-8-5-6-10-9(7-8)17-12(15)18-10/h5-7H,4H2,1-3H3. The van der Waals surface area contributed by atoms with Crippen molar-refractivity contribution in [3.63, 3.8) is 0 Å². The number of hydrogen-bond donors (Lipinski definition) is 0. The minimum Gasteiger partial charge on any atom is -0.426 e. The van der Waals surface area contributed by atoms with Crippen molar-refractivity contribution >= 4 is 27.6 Å². The molecular formula is C13H14O4S. The number of ether oxygens (including phenoxy) is 1. The molecule has 0 spiro atoms. The molecule has 0 atom stereocenters. The summed E-state index contributed by atoms with van der Waals surface area (Å²) >= 11 is 1.03. The molecule has 0 unspecified atom stereocenters. The second-order valence-corrected chi connectivity index (χ2v) is 5.67. The fourth-order valence-corrected chi connectivity index (χ4v) is 1.95. The van der Waals surface area contributed by atoms with Gasteiger partial charge < -0.3 is 9.15 Å². The molecule has 0 aliphatic heterocycles. The first-order chi connectivity index (χ1) is 8.42. The third-order valence-corrected chi connectivity index (χ3v) is 3.76. The van der Waals surface area contributed by atoms with E-state index in [0.717, 1.165) is 16.0 Å². The van der Waals surface area contributed by atoms with Crippen LogP contribution >= 0.6 is 11.3 Å². The Morgan fingerprint density at radius 3 is 2.83 bits per heavy atom. The smallest absolute Gasteiger partial charge is 0.396 e. The Labute approximate surface area is 108 Å². The van der Waals surface area contributed by atoms with Gasteiger partial charge >= 0.3 is 10.9 Å². The fraction of sp³-hybridized carbons (Fsp3) is 0.385. The molecule has 18 heavy (non-hydrogen) atoms. The van der Waals surface area contributed by atoms with Crippen molar-refractivity contribution < 1.29 is 13.9 Å². The maximum absolute atomic E-state index is 11.9. The third kappa shape index (κ3) is 2.46. The number of fused-ring (bicyclic) bond motifs is 1. The lowest BCUT2D eigenvalue weighted by Crippen LogP contribution is -2.28. The molecule has 0 saturated carbocycles. The summed E-state index contributed by atoms with van der Waals surface area (Å²) in [5, 5.41) is 0. The molecule has 1 heterocycles. The summed E-state index contributed by atoms with van der Waals surface area (Å²) in [7, 11) is 0. The van der Waals surface area contributed by atoms with Gasteiger partial charge in [0.05, 0.1) is 10.1 Å². The van der Waals surface area contributed by atoms with Crippen molar-refractivity contribution in [3.05, 3.63) is 27.9 Å². The Hall–Kier alpha value is -1.62. The molecule has 2 aromatic rings. The van der Waals surface area contributed by atoms with Crippen LogP contribution in [0.5, 0.6) is 5.75 Å². The van der Waals surface area contributed by atoms with Crippen LogP contribution in [-0.4, -0.2) is 5.97 Å². The molecule has 2 rings (SSSR count). The van der Waals surface area contributed by atoms with E-state index in [0.29, 0.717) is 17.8 Å². The Kier molecular flexibility index (Phi) is 3.26. The van der Waals surface area contributed by atoms with Crippen LogP contribution in [0.1, 0.15) is 27.2 Å². The zero-order valence-electron chi connectivity index (χ0n) is 10.5. The van der Waals surface area contributed by atoms with E-state index in [9.17, 15) is 9.59 Å². The predicted octanol–water partition coefficient (Wildman–Crippen LogP) is 3.20. The number of esters is 1. The fourth-order valence-electron chi connectivity index (χ4n) is 1.31. The van der Waals surface area contributed by atoms with Crippen molar-refractivity contribution in [1.29, 1.82) is 0 Å². The van der Waals surface area contributed by atoms with Gasteiger partial charge in [-0.25, -0.2) is 4.79 Å². The van der Waals surface area contributed by atoms with Gasteiger partial charge in [-0.15, -0.1) is 0 Å². The van der Waals surface area contributed by atoms with Crippen molar-refractivity contribution in [1.82, 2.24) is 0 Å². The molecule has 4 nitrogen and oxygen atoms in total. The second kappa shape index (κ2) is 4.57. The summed E-state index contributed by atoms with van der Waals surface area (Å²) in [5.41, 5.74) is -0.0747. The Bertz CT molecular complexity index is 636. The number of carbonyl (C=O) groups is 1. The number of rotatable bonds is 3. The molecule has 0 radical (unpaired) electrons. The third-order valence-electron chi connectivity index (χ3n) is 2.95. The lowest BCUT2D eigenvalue weighted by molar-refractivity contribution is -0.144. The van der Waals surface area contributed by atoms with Crippen LogP contribution in [0.4, 0.5) is 0 Å². The maximum Gasteiger partial charge on any atom is 0.396 e. The Balaban J connectivity index is 2.27. The Morgan fingerprint density at radius 1 is 1.44 bits per heavy atom. The lowest BCUT2D eigenvalue weighted by atomic mass is 9.91. The highest BCUT2D eigenvalue weighted by molar-refractivity contribution is 7.16. The first kappa shape index (κ1) is 12.8. The quantitative estimate of drug-likeness (QED) is 0.632. The van der Waals surface area contributed by atoms with Gasteiger partial charge in [0.25, 0.3) is 0 Å². The van der Waals surface area contributed by atoms with Gasteiger partial charge in [-0.2, -0.15) is 0 Å². The molecule has 5 heteroatoms. The first-order valence-corrected chi connectivity index (χ1v) is 6.50. The van der Waals surface area contributed by atoms with E-state index in [1.54, 1.807) is 18.2 Å².